The van der Waals surface area contributed by atoms with Crippen molar-refractivity contribution in [2.24, 2.45) is 0 Å². The van der Waals surface area contributed by atoms with Gasteiger partial charge in [-0.1, -0.05) is 56.0 Å². The Kier molecular flexibility index (Phi) is 4.75. The van der Waals surface area contributed by atoms with Crippen LogP contribution in [-0.4, -0.2) is 23.5 Å². The third kappa shape index (κ3) is 4.41. The average molecular weight is 267 g/mol. The van der Waals surface area contributed by atoms with Gasteiger partial charge in [-0.05, 0) is 18.7 Å². The molecule has 17 heavy (non-hydrogen) atoms. The second kappa shape index (κ2) is 5.50. The summed E-state index contributed by atoms with van der Waals surface area (Å²) in [5.74, 6) is 0. The molecule has 0 aliphatic heterocycles. The fourth-order valence-corrected chi connectivity index (χ4v) is 8.75. The molecule has 0 amide bonds. The van der Waals surface area contributed by atoms with Crippen LogP contribution in [0, 0.1) is 0 Å². The topological polar surface area (TPSA) is 9.23 Å². The summed E-state index contributed by atoms with van der Waals surface area (Å²) in [7, 11) is -0.816. The molecular formula is C14H26OSi2. The first-order valence-electron chi connectivity index (χ1n) is 6.36. The maximum Gasteiger partial charge on any atom is 0.193 e. The molecule has 1 atom stereocenters. The van der Waals surface area contributed by atoms with Crippen molar-refractivity contribution in [2.75, 3.05) is 7.11 Å². The smallest absolute Gasteiger partial charge is 0.193 e. The van der Waals surface area contributed by atoms with Crippen LogP contribution < -0.4 is 0 Å². The highest BCUT2D eigenvalue weighted by molar-refractivity contribution is 6.80. The third-order valence-corrected chi connectivity index (χ3v) is 8.69. The maximum atomic E-state index is 5.86. The Hall–Kier alpha value is -0.386. The summed E-state index contributed by atoms with van der Waals surface area (Å²) in [5, 5.41) is 0. The minimum absolute atomic E-state index is 0.625. The van der Waals surface area contributed by atoms with Gasteiger partial charge in [0.25, 0.3) is 0 Å². The van der Waals surface area contributed by atoms with E-state index in [9.17, 15) is 0 Å². The molecule has 0 aliphatic carbocycles. The third-order valence-electron chi connectivity index (χ3n) is 3.38. The van der Waals surface area contributed by atoms with Gasteiger partial charge in [0, 0.05) is 20.7 Å². The van der Waals surface area contributed by atoms with E-state index in [1.807, 2.05) is 7.11 Å². The van der Waals surface area contributed by atoms with E-state index in [-0.39, 0.29) is 0 Å². The van der Waals surface area contributed by atoms with Crippen LogP contribution in [0.15, 0.2) is 30.3 Å². The standard InChI is InChI=1S/C14H26OSi2/c1-15-17(5,6)14(12-16(2,3)4)13-10-8-7-9-11-13/h7-11,14H,12H2,1-6H3. The Morgan fingerprint density at radius 3 is 1.94 bits per heavy atom. The SMILES string of the molecule is CO[Si](C)(C)C(C[Si](C)(C)C)c1ccccc1. The normalized spacial score (nSPS) is 14.7. The van der Waals surface area contributed by atoms with Crippen LogP contribution in [0.25, 0.3) is 0 Å². The van der Waals surface area contributed by atoms with Crippen molar-refractivity contribution < 1.29 is 4.43 Å². The maximum absolute atomic E-state index is 5.86. The average Bonchev–Trinajstić information content (AvgIpc) is 2.26. The lowest BCUT2D eigenvalue weighted by molar-refractivity contribution is 0.394. The molecule has 0 heterocycles. The quantitative estimate of drug-likeness (QED) is 0.713. The summed E-state index contributed by atoms with van der Waals surface area (Å²) in [6.07, 6.45) is 0. The van der Waals surface area contributed by atoms with Gasteiger partial charge in [-0.2, -0.15) is 0 Å². The molecule has 0 aliphatic rings. The summed E-state index contributed by atoms with van der Waals surface area (Å²) in [6.45, 7) is 12.0. The Bertz CT molecular complexity index is 341. The molecule has 0 saturated carbocycles. The second-order valence-corrected chi connectivity index (χ2v) is 16.4. The van der Waals surface area contributed by atoms with Crippen LogP contribution in [0.1, 0.15) is 11.1 Å². The van der Waals surface area contributed by atoms with E-state index in [0.29, 0.717) is 5.54 Å². The van der Waals surface area contributed by atoms with E-state index >= 15 is 0 Å². The van der Waals surface area contributed by atoms with Gasteiger partial charge in [0.15, 0.2) is 8.32 Å². The van der Waals surface area contributed by atoms with Gasteiger partial charge in [-0.3, -0.25) is 0 Å². The summed E-state index contributed by atoms with van der Waals surface area (Å²) in [5.41, 5.74) is 2.09. The molecular weight excluding hydrogens is 240 g/mol. The molecule has 1 unspecified atom stereocenters. The minimum Gasteiger partial charge on any atom is -0.420 e. The van der Waals surface area contributed by atoms with Crippen LogP contribution in [0.3, 0.4) is 0 Å². The number of rotatable bonds is 5. The molecule has 1 aromatic rings. The zero-order valence-electron chi connectivity index (χ0n) is 12.1. The number of benzene rings is 1. The van der Waals surface area contributed by atoms with Gasteiger partial charge in [-0.25, -0.2) is 0 Å². The highest BCUT2D eigenvalue weighted by Crippen LogP contribution is 2.35. The summed E-state index contributed by atoms with van der Waals surface area (Å²) in [6, 6.07) is 12.2. The lowest BCUT2D eigenvalue weighted by Gasteiger charge is -2.35. The van der Waals surface area contributed by atoms with Crippen LogP contribution in [0.5, 0.6) is 0 Å². The van der Waals surface area contributed by atoms with Crippen molar-refractivity contribution in [3.8, 4) is 0 Å². The fourth-order valence-electron chi connectivity index (χ4n) is 2.20. The molecule has 0 fully saturated rings. The molecule has 1 aromatic carbocycles. The van der Waals surface area contributed by atoms with Gasteiger partial charge < -0.3 is 4.43 Å². The first-order valence-corrected chi connectivity index (χ1v) is 13.1. The molecule has 1 rings (SSSR count). The predicted molar refractivity (Wildman–Crippen MR) is 81.8 cm³/mol. The fraction of sp³-hybridized carbons (Fsp3) is 0.571. The van der Waals surface area contributed by atoms with Crippen molar-refractivity contribution in [1.29, 1.82) is 0 Å². The Morgan fingerprint density at radius 1 is 1.00 bits per heavy atom. The summed E-state index contributed by atoms with van der Waals surface area (Å²) >= 11 is 0. The largest absolute Gasteiger partial charge is 0.420 e. The molecule has 96 valence electrons. The molecule has 0 bridgehead atoms. The van der Waals surface area contributed by atoms with Gasteiger partial charge in [0.1, 0.15) is 0 Å². The highest BCUT2D eigenvalue weighted by Gasteiger charge is 2.36. The van der Waals surface area contributed by atoms with Gasteiger partial charge in [0.05, 0.1) is 0 Å². The van der Waals surface area contributed by atoms with Crippen LogP contribution in [0.2, 0.25) is 38.8 Å². The van der Waals surface area contributed by atoms with Crippen LogP contribution >= 0.6 is 0 Å². The lowest BCUT2D eigenvalue weighted by Crippen LogP contribution is -2.41. The molecule has 1 nitrogen and oxygen atoms in total. The molecule has 0 aromatic heterocycles. The number of hydrogen-bond acceptors (Lipinski definition) is 1. The molecule has 0 saturated heterocycles. The van der Waals surface area contributed by atoms with Crippen LogP contribution in [-0.2, 0) is 4.43 Å². The lowest BCUT2D eigenvalue weighted by atomic mass is 10.2. The van der Waals surface area contributed by atoms with E-state index in [1.54, 1.807) is 0 Å². The summed E-state index contributed by atoms with van der Waals surface area (Å²) in [4.78, 5) is 0. The molecule has 0 radical (unpaired) electrons. The van der Waals surface area contributed by atoms with Crippen molar-refractivity contribution in [2.45, 2.75) is 44.3 Å². The van der Waals surface area contributed by atoms with Crippen LogP contribution in [0.4, 0.5) is 0 Å². The van der Waals surface area contributed by atoms with E-state index in [0.717, 1.165) is 0 Å². The second-order valence-electron chi connectivity index (χ2n) is 6.54. The van der Waals surface area contributed by atoms with Gasteiger partial charge in [0.2, 0.25) is 0 Å². The van der Waals surface area contributed by atoms with Crippen molar-refractivity contribution >= 4 is 16.4 Å². The van der Waals surface area contributed by atoms with Crippen molar-refractivity contribution in [1.82, 2.24) is 0 Å². The first-order chi connectivity index (χ1) is 7.76. The van der Waals surface area contributed by atoms with E-state index in [1.165, 1.54) is 11.6 Å². The first kappa shape index (κ1) is 14.7. The molecule has 3 heteroatoms. The van der Waals surface area contributed by atoms with Crippen molar-refractivity contribution in [3.05, 3.63) is 35.9 Å². The van der Waals surface area contributed by atoms with E-state index in [2.05, 4.69) is 63.1 Å². The van der Waals surface area contributed by atoms with Crippen molar-refractivity contribution in [3.63, 3.8) is 0 Å². The highest BCUT2D eigenvalue weighted by atomic mass is 28.4. The predicted octanol–water partition coefficient (Wildman–Crippen LogP) is 4.50. The van der Waals surface area contributed by atoms with Gasteiger partial charge in [-0.15, -0.1) is 0 Å². The molecule has 0 spiro atoms. The monoisotopic (exact) mass is 266 g/mol. The Balaban J connectivity index is 3.04. The zero-order chi connectivity index (χ0) is 13.1. The zero-order valence-corrected chi connectivity index (χ0v) is 14.1. The van der Waals surface area contributed by atoms with E-state index < -0.39 is 16.4 Å². The summed E-state index contributed by atoms with van der Waals surface area (Å²) < 4.78 is 5.86. The molecule has 0 N–H and O–H groups in total. The number of hydrogen-bond donors (Lipinski definition) is 0. The van der Waals surface area contributed by atoms with Gasteiger partial charge >= 0.3 is 0 Å². The Morgan fingerprint density at radius 2 is 1.53 bits per heavy atom. The van der Waals surface area contributed by atoms with E-state index in [4.69, 9.17) is 4.43 Å². The minimum atomic E-state index is -1.62. The Labute approximate surface area is 108 Å².